The lowest BCUT2D eigenvalue weighted by Gasteiger charge is -2.17. The first kappa shape index (κ1) is 18.3. The van der Waals surface area contributed by atoms with Crippen LogP contribution in [-0.2, 0) is 9.59 Å². The predicted octanol–water partition coefficient (Wildman–Crippen LogP) is 2.57. The van der Waals surface area contributed by atoms with Crippen LogP contribution in [0.15, 0.2) is 42.5 Å². The molecule has 3 rings (SSSR count). The molecule has 1 heterocycles. The van der Waals surface area contributed by atoms with Gasteiger partial charge in [-0.25, -0.2) is 0 Å². The van der Waals surface area contributed by atoms with Crippen molar-refractivity contribution in [2.45, 2.75) is 6.42 Å². The molecule has 1 unspecified atom stereocenters. The summed E-state index contributed by atoms with van der Waals surface area (Å²) < 4.78 is 10.4. The van der Waals surface area contributed by atoms with Gasteiger partial charge in [0, 0.05) is 24.7 Å². The van der Waals surface area contributed by atoms with E-state index in [9.17, 15) is 9.59 Å². The number of nitrogens with zero attached hydrogens (tertiary/aromatic N) is 2. The number of methoxy groups -OCH3 is 2. The molecule has 138 valence electrons. The zero-order valence-corrected chi connectivity index (χ0v) is 15.1. The normalized spacial score (nSPS) is 16.0. The van der Waals surface area contributed by atoms with Gasteiger partial charge < -0.3 is 19.7 Å². The van der Waals surface area contributed by atoms with Crippen LogP contribution in [0, 0.1) is 17.2 Å². The van der Waals surface area contributed by atoms with Crippen LogP contribution in [0.2, 0.25) is 0 Å². The highest BCUT2D eigenvalue weighted by Crippen LogP contribution is 2.31. The van der Waals surface area contributed by atoms with Crippen LogP contribution in [0.25, 0.3) is 0 Å². The Morgan fingerprint density at radius 3 is 2.74 bits per heavy atom. The summed E-state index contributed by atoms with van der Waals surface area (Å²) in [6, 6.07) is 13.9. The monoisotopic (exact) mass is 365 g/mol. The second-order valence-corrected chi connectivity index (χ2v) is 6.12. The van der Waals surface area contributed by atoms with E-state index in [1.165, 1.54) is 12.0 Å². The SMILES string of the molecule is COc1ccc(NC(=O)C2CC(=O)N(c3cccc(C#N)c3)C2)c(OC)c1. The second-order valence-electron chi connectivity index (χ2n) is 6.12. The van der Waals surface area contributed by atoms with Gasteiger partial charge in [-0.05, 0) is 30.3 Å². The smallest absolute Gasteiger partial charge is 0.229 e. The number of nitriles is 1. The molecule has 0 bridgehead atoms. The number of benzene rings is 2. The third kappa shape index (κ3) is 3.85. The fraction of sp³-hybridized carbons (Fsp3) is 0.250. The maximum Gasteiger partial charge on any atom is 0.229 e. The van der Waals surface area contributed by atoms with E-state index in [4.69, 9.17) is 14.7 Å². The van der Waals surface area contributed by atoms with E-state index in [-0.39, 0.29) is 24.8 Å². The van der Waals surface area contributed by atoms with Crippen LogP contribution in [0.3, 0.4) is 0 Å². The van der Waals surface area contributed by atoms with E-state index >= 15 is 0 Å². The summed E-state index contributed by atoms with van der Waals surface area (Å²) in [5.74, 6) is 0.197. The molecule has 0 spiro atoms. The average molecular weight is 365 g/mol. The van der Waals surface area contributed by atoms with Crippen LogP contribution in [0.5, 0.6) is 11.5 Å². The van der Waals surface area contributed by atoms with Crippen molar-refractivity contribution in [2.75, 3.05) is 31.0 Å². The van der Waals surface area contributed by atoms with Crippen molar-refractivity contribution in [3.8, 4) is 17.6 Å². The van der Waals surface area contributed by atoms with Gasteiger partial charge >= 0.3 is 0 Å². The fourth-order valence-electron chi connectivity index (χ4n) is 3.01. The van der Waals surface area contributed by atoms with Crippen molar-refractivity contribution in [2.24, 2.45) is 5.92 Å². The summed E-state index contributed by atoms with van der Waals surface area (Å²) in [4.78, 5) is 26.6. The molecule has 1 saturated heterocycles. The summed E-state index contributed by atoms with van der Waals surface area (Å²) in [7, 11) is 3.06. The van der Waals surface area contributed by atoms with Gasteiger partial charge in [0.15, 0.2) is 0 Å². The summed E-state index contributed by atoms with van der Waals surface area (Å²) in [6.07, 6.45) is 0.112. The van der Waals surface area contributed by atoms with Crippen molar-refractivity contribution in [3.63, 3.8) is 0 Å². The number of carbonyl (C=O) groups excluding carboxylic acids is 2. The van der Waals surface area contributed by atoms with Gasteiger partial charge in [-0.15, -0.1) is 0 Å². The second kappa shape index (κ2) is 7.79. The number of amides is 2. The molecule has 0 aliphatic carbocycles. The lowest BCUT2D eigenvalue weighted by Crippen LogP contribution is -2.28. The van der Waals surface area contributed by atoms with Crippen molar-refractivity contribution < 1.29 is 19.1 Å². The molecule has 1 fully saturated rings. The topological polar surface area (TPSA) is 91.7 Å². The predicted molar refractivity (Wildman–Crippen MR) is 99.8 cm³/mol. The maximum absolute atomic E-state index is 12.7. The van der Waals surface area contributed by atoms with E-state index in [0.29, 0.717) is 28.4 Å². The molecule has 7 heteroatoms. The van der Waals surface area contributed by atoms with E-state index < -0.39 is 5.92 Å². The Hall–Kier alpha value is -3.53. The molecule has 27 heavy (non-hydrogen) atoms. The summed E-state index contributed by atoms with van der Waals surface area (Å²) in [5, 5.41) is 11.8. The van der Waals surface area contributed by atoms with Crippen molar-refractivity contribution in [1.29, 1.82) is 5.26 Å². The van der Waals surface area contributed by atoms with Gasteiger partial charge in [0.1, 0.15) is 11.5 Å². The minimum atomic E-state index is -0.491. The maximum atomic E-state index is 12.7. The number of hydrogen-bond donors (Lipinski definition) is 1. The Morgan fingerprint density at radius 1 is 1.22 bits per heavy atom. The van der Waals surface area contributed by atoms with E-state index in [1.807, 2.05) is 0 Å². The quantitative estimate of drug-likeness (QED) is 0.879. The van der Waals surface area contributed by atoms with Crippen LogP contribution in [-0.4, -0.2) is 32.6 Å². The molecule has 1 atom stereocenters. The Morgan fingerprint density at radius 2 is 2.04 bits per heavy atom. The molecule has 1 aliphatic heterocycles. The number of carbonyl (C=O) groups is 2. The molecular weight excluding hydrogens is 346 g/mol. The number of anilines is 2. The minimum Gasteiger partial charge on any atom is -0.497 e. The van der Waals surface area contributed by atoms with Gasteiger partial charge in [-0.3, -0.25) is 9.59 Å². The number of nitrogens with one attached hydrogen (secondary N) is 1. The molecule has 1 aliphatic rings. The zero-order valence-electron chi connectivity index (χ0n) is 15.1. The highest BCUT2D eigenvalue weighted by atomic mass is 16.5. The summed E-state index contributed by atoms with van der Waals surface area (Å²) in [5.41, 5.74) is 1.60. The molecular formula is C20H19N3O4. The van der Waals surface area contributed by atoms with Crippen molar-refractivity contribution >= 4 is 23.2 Å². The molecule has 2 amide bonds. The van der Waals surface area contributed by atoms with Gasteiger partial charge in [-0.1, -0.05) is 6.07 Å². The van der Waals surface area contributed by atoms with Crippen LogP contribution >= 0.6 is 0 Å². The van der Waals surface area contributed by atoms with E-state index in [2.05, 4.69) is 11.4 Å². The van der Waals surface area contributed by atoms with E-state index in [1.54, 1.807) is 49.6 Å². The van der Waals surface area contributed by atoms with Gasteiger partial charge in [0.25, 0.3) is 0 Å². The van der Waals surface area contributed by atoms with Crippen molar-refractivity contribution in [3.05, 3.63) is 48.0 Å². The highest BCUT2D eigenvalue weighted by Gasteiger charge is 2.35. The molecule has 0 radical (unpaired) electrons. The van der Waals surface area contributed by atoms with E-state index in [0.717, 1.165) is 0 Å². The van der Waals surface area contributed by atoms with Crippen LogP contribution in [0.1, 0.15) is 12.0 Å². The Kier molecular flexibility index (Phi) is 5.27. The molecule has 2 aromatic carbocycles. The Balaban J connectivity index is 1.73. The minimum absolute atomic E-state index is 0.112. The third-order valence-corrected chi connectivity index (χ3v) is 4.45. The zero-order chi connectivity index (χ0) is 19.4. The fourth-order valence-corrected chi connectivity index (χ4v) is 3.01. The summed E-state index contributed by atoms with van der Waals surface area (Å²) in [6.45, 7) is 0.262. The highest BCUT2D eigenvalue weighted by molar-refractivity contribution is 6.04. The first-order valence-corrected chi connectivity index (χ1v) is 8.39. The Bertz CT molecular complexity index is 920. The standard InChI is InChI=1S/C20H19N3O4/c1-26-16-6-7-17(18(10-16)27-2)22-20(25)14-9-19(24)23(12-14)15-5-3-4-13(8-15)11-21/h3-8,10,14H,9,12H2,1-2H3,(H,22,25). The first-order valence-electron chi connectivity index (χ1n) is 8.39. The van der Waals surface area contributed by atoms with Crippen LogP contribution < -0.4 is 19.7 Å². The first-order chi connectivity index (χ1) is 13.0. The number of rotatable bonds is 5. The molecule has 0 saturated carbocycles. The average Bonchev–Trinajstić information content (AvgIpc) is 3.10. The van der Waals surface area contributed by atoms with Crippen LogP contribution in [0.4, 0.5) is 11.4 Å². The number of hydrogen-bond acceptors (Lipinski definition) is 5. The number of ether oxygens (including phenoxy) is 2. The third-order valence-electron chi connectivity index (χ3n) is 4.45. The lowest BCUT2D eigenvalue weighted by molar-refractivity contribution is -0.122. The van der Waals surface area contributed by atoms with Gasteiger partial charge in [0.2, 0.25) is 11.8 Å². The lowest BCUT2D eigenvalue weighted by atomic mass is 10.1. The Labute approximate surface area is 157 Å². The summed E-state index contributed by atoms with van der Waals surface area (Å²) >= 11 is 0. The molecule has 1 N–H and O–H groups in total. The largest absolute Gasteiger partial charge is 0.497 e. The molecule has 7 nitrogen and oxygen atoms in total. The van der Waals surface area contributed by atoms with Gasteiger partial charge in [0.05, 0.1) is 37.5 Å². The van der Waals surface area contributed by atoms with Gasteiger partial charge in [-0.2, -0.15) is 5.26 Å². The van der Waals surface area contributed by atoms with Crippen molar-refractivity contribution in [1.82, 2.24) is 0 Å². The molecule has 2 aromatic rings. The molecule has 0 aromatic heterocycles.